The minimum atomic E-state index is -1.08. The Balaban J connectivity index is 0.000000222. The zero-order valence-electron chi connectivity index (χ0n) is 55.2. The number of halogens is 2. The fourth-order valence-corrected chi connectivity index (χ4v) is 11.7. The Labute approximate surface area is 575 Å². The van der Waals surface area contributed by atoms with Crippen LogP contribution in [0.25, 0.3) is 20.9 Å². The minimum Gasteiger partial charge on any atom is -0.505 e. The van der Waals surface area contributed by atoms with E-state index in [0.29, 0.717) is 74.7 Å². The SMILES string of the molecule is C.C1CCOC1.CCOC(=O)C[C@@H](c1ccc(O)c(F)c1)N1CCN(CCCc2ccc3c(n2)NCCC3)C1=O.[N-]=[N+]=NCOc1ccc(CCO)cc1.[N-]=[N+]=NCOc1ccc(CCOc2ccc([C@H](CC(=O)O)N3CCN(CCCc4ccc5c(n4)NCCC5)C3=O)cc2F)cc1. The van der Waals surface area contributed by atoms with Crippen molar-refractivity contribution in [1.82, 2.24) is 29.6 Å². The number of carboxylic acid groups (broad SMARTS) is 1. The summed E-state index contributed by atoms with van der Waals surface area (Å²) in [7, 11) is 0. The summed E-state index contributed by atoms with van der Waals surface area (Å²) in [4.78, 5) is 71.7. The van der Waals surface area contributed by atoms with Gasteiger partial charge in [-0.2, -0.15) is 0 Å². The summed E-state index contributed by atoms with van der Waals surface area (Å²) < 4.78 is 55.2. The molecule has 530 valence electrons. The molecule has 2 aromatic heterocycles. The zero-order valence-corrected chi connectivity index (χ0v) is 55.2. The number of carbonyl (C=O) groups is 4. The van der Waals surface area contributed by atoms with Gasteiger partial charge in [0.05, 0.1) is 38.1 Å². The van der Waals surface area contributed by atoms with E-state index in [1.807, 2.05) is 30.3 Å². The normalized spacial score (nSPS) is 14.8. The van der Waals surface area contributed by atoms with E-state index in [-0.39, 0.29) is 71.4 Å². The van der Waals surface area contributed by atoms with Crippen LogP contribution in [-0.2, 0) is 57.6 Å². The predicted octanol–water partition coefficient (Wildman–Crippen LogP) is 12.7. The number of esters is 1. The summed E-state index contributed by atoms with van der Waals surface area (Å²) in [6.45, 7) is 8.91. The molecule has 4 aromatic carbocycles. The Bertz CT molecular complexity index is 3670. The number of phenols is 1. The van der Waals surface area contributed by atoms with E-state index in [0.717, 1.165) is 112 Å². The molecule has 11 rings (SSSR count). The molecule has 5 aliphatic rings. The second kappa shape index (κ2) is 40.5. The summed E-state index contributed by atoms with van der Waals surface area (Å²) in [6.07, 6.45) is 10.6. The van der Waals surface area contributed by atoms with Crippen LogP contribution in [0.4, 0.5) is 30.0 Å². The van der Waals surface area contributed by atoms with Gasteiger partial charge in [-0.3, -0.25) is 9.59 Å². The van der Waals surface area contributed by atoms with Gasteiger partial charge in [0.1, 0.15) is 23.1 Å². The van der Waals surface area contributed by atoms with Gasteiger partial charge in [0, 0.05) is 99.8 Å². The number of nitrogens with one attached hydrogen (secondary N) is 2. The number of amides is 4. The number of rotatable bonds is 29. The lowest BCUT2D eigenvalue weighted by atomic mass is 10.0. The Morgan fingerprint density at radius 3 is 1.62 bits per heavy atom. The van der Waals surface area contributed by atoms with Gasteiger partial charge in [0.2, 0.25) is 0 Å². The molecule has 0 spiro atoms. The lowest BCUT2D eigenvalue weighted by molar-refractivity contribution is -0.144. The van der Waals surface area contributed by atoms with Gasteiger partial charge < -0.3 is 69.2 Å². The quantitative estimate of drug-likeness (QED) is 0.0126. The molecule has 26 nitrogen and oxygen atoms in total. The van der Waals surface area contributed by atoms with Crippen molar-refractivity contribution in [2.75, 3.05) is 109 Å². The fourth-order valence-electron chi connectivity index (χ4n) is 11.7. The summed E-state index contributed by atoms with van der Waals surface area (Å²) in [5, 5.41) is 41.1. The fraction of sp³-hybridized carbons (Fsp3) is 0.465. The standard InChI is InChI=1S/C32H36FN7O5.C25H31FN4O4.C9H11N3O2.C4H8O.CH4/c33-27-19-24(8-12-29(27)44-18-13-22-5-10-26(11-6-22)45-21-36-38-34)28(20-30(41)42)40-17-16-39(32(40)43)15-2-4-25-9-7-23-3-1-14-35-31(23)37-25;1-2-34-23(32)16-21(18-8-10-22(31)20(26)15-18)30-14-13-29(25(30)33)12-4-6-19-9-7-17-5-3-11-27-24(17)28-19;10-12-11-7-14-9-3-1-8(2-4-9)5-6-13;1-2-4-5-3-1;/h5-12,19,28H,1-4,13-18,20-21H2,(H,35,37)(H,41,42);7-10,15,21,31H,2-6,11-14,16H2,1H3,(H,27,28);1-4,13H,5-7H2;1-4H2;1H4/t28-;21-;;;/m00.../s1. The van der Waals surface area contributed by atoms with Crippen molar-refractivity contribution in [2.45, 2.75) is 116 Å². The molecule has 5 N–H and O–H groups in total. The molecule has 28 heteroatoms. The summed E-state index contributed by atoms with van der Waals surface area (Å²) in [5.74, 6) is -0.251. The number of phenolic OH excluding ortho intramolecular Hbond substituents is 1. The molecule has 0 saturated carbocycles. The van der Waals surface area contributed by atoms with Crippen LogP contribution in [0.15, 0.2) is 119 Å². The molecule has 7 heterocycles. The van der Waals surface area contributed by atoms with Crippen molar-refractivity contribution in [3.8, 4) is 23.0 Å². The number of pyridine rings is 2. The number of urea groups is 2. The third kappa shape index (κ3) is 23.8. The van der Waals surface area contributed by atoms with Gasteiger partial charge in [-0.1, -0.05) is 66.2 Å². The number of carboxylic acids is 1. The van der Waals surface area contributed by atoms with Crippen LogP contribution >= 0.6 is 0 Å². The molecule has 6 aromatic rings. The predicted molar refractivity (Wildman–Crippen MR) is 368 cm³/mol. The number of aromatic hydroxyl groups is 1. The van der Waals surface area contributed by atoms with Crippen molar-refractivity contribution in [3.05, 3.63) is 186 Å². The molecule has 0 aliphatic carbocycles. The number of benzene rings is 4. The number of fused-ring (bicyclic) bond motifs is 2. The number of aliphatic hydroxyl groups is 1. The average molecular weight is 1370 g/mol. The number of anilines is 2. The lowest BCUT2D eigenvalue weighted by Gasteiger charge is -2.28. The first kappa shape index (κ1) is 76.2. The third-order valence-electron chi connectivity index (χ3n) is 16.8. The number of azide groups is 2. The Hall–Kier alpha value is -10.1. The number of hydrogen-bond donors (Lipinski definition) is 5. The van der Waals surface area contributed by atoms with Crippen molar-refractivity contribution in [1.29, 1.82) is 0 Å². The van der Waals surface area contributed by atoms with Crippen LogP contribution in [0.1, 0.15) is 123 Å². The highest BCUT2D eigenvalue weighted by atomic mass is 19.1. The van der Waals surface area contributed by atoms with Crippen LogP contribution in [0.2, 0.25) is 0 Å². The summed E-state index contributed by atoms with van der Waals surface area (Å²) >= 11 is 0. The van der Waals surface area contributed by atoms with Crippen LogP contribution in [0.5, 0.6) is 23.0 Å². The number of aliphatic hydroxyl groups excluding tert-OH is 1. The van der Waals surface area contributed by atoms with Crippen molar-refractivity contribution >= 4 is 35.6 Å². The average Bonchev–Trinajstić information content (AvgIpc) is 1.72. The number of hydrogen-bond acceptors (Lipinski definition) is 17. The monoisotopic (exact) mass is 1370 g/mol. The van der Waals surface area contributed by atoms with Crippen molar-refractivity contribution < 1.29 is 67.0 Å². The van der Waals surface area contributed by atoms with Gasteiger partial charge >= 0.3 is 24.0 Å². The molecular weight excluding hydrogens is 1280 g/mol. The van der Waals surface area contributed by atoms with E-state index in [1.54, 1.807) is 52.0 Å². The van der Waals surface area contributed by atoms with E-state index in [1.165, 1.54) is 59.2 Å². The number of aliphatic carboxylic acids is 1. The highest BCUT2D eigenvalue weighted by Crippen LogP contribution is 2.34. The van der Waals surface area contributed by atoms with Crippen LogP contribution in [0.3, 0.4) is 0 Å². The highest BCUT2D eigenvalue weighted by molar-refractivity contribution is 5.79. The molecule has 3 fully saturated rings. The zero-order chi connectivity index (χ0) is 69.4. The maximum atomic E-state index is 15.1. The lowest BCUT2D eigenvalue weighted by Crippen LogP contribution is -2.36. The van der Waals surface area contributed by atoms with E-state index >= 15 is 4.39 Å². The number of aromatic nitrogens is 2. The molecule has 3 saturated heterocycles. The molecule has 4 amide bonds. The highest BCUT2D eigenvalue weighted by Gasteiger charge is 2.37. The number of carbonyl (C=O) groups excluding carboxylic acids is 3. The smallest absolute Gasteiger partial charge is 0.320 e. The molecule has 5 aliphatic heterocycles. The number of nitrogens with zero attached hydrogens (tertiary/aromatic N) is 12. The number of ether oxygens (including phenoxy) is 5. The second-order valence-electron chi connectivity index (χ2n) is 23.5. The topological polar surface area (TPSA) is 335 Å². The van der Waals surface area contributed by atoms with Crippen LogP contribution < -0.4 is 24.8 Å². The van der Waals surface area contributed by atoms with Gasteiger partial charge in [0.25, 0.3) is 0 Å². The van der Waals surface area contributed by atoms with Gasteiger partial charge in [-0.15, -0.1) is 0 Å². The summed E-state index contributed by atoms with van der Waals surface area (Å²) in [5.41, 5.74) is 23.6. The molecule has 0 radical (unpaired) electrons. The largest absolute Gasteiger partial charge is 0.505 e. The molecule has 0 bridgehead atoms. The maximum absolute atomic E-state index is 15.1. The first-order chi connectivity index (χ1) is 47.7. The number of aryl methyl sites for hydroxylation is 4. The Kier molecular flexibility index (Phi) is 31.2. The Morgan fingerprint density at radius 2 is 1.15 bits per heavy atom. The van der Waals surface area contributed by atoms with Gasteiger partial charge in [-0.05, 0) is 183 Å². The van der Waals surface area contributed by atoms with E-state index in [2.05, 4.69) is 48.9 Å². The van der Waals surface area contributed by atoms with Crippen molar-refractivity contribution in [3.63, 3.8) is 0 Å². The molecule has 2 atom stereocenters. The first-order valence-electron chi connectivity index (χ1n) is 33.2. The van der Waals surface area contributed by atoms with Gasteiger partial charge in [0.15, 0.2) is 36.6 Å². The van der Waals surface area contributed by atoms with E-state index in [4.69, 9.17) is 49.8 Å². The first-order valence-corrected chi connectivity index (χ1v) is 33.2. The van der Waals surface area contributed by atoms with E-state index in [9.17, 15) is 33.8 Å². The van der Waals surface area contributed by atoms with E-state index < -0.39 is 41.4 Å². The molecular formula is C71H90F2N14O12. The molecule has 99 heavy (non-hydrogen) atoms. The second-order valence-corrected chi connectivity index (χ2v) is 23.5. The van der Waals surface area contributed by atoms with Crippen LogP contribution in [-0.4, -0.2) is 168 Å². The molecule has 0 unspecified atom stereocenters. The van der Waals surface area contributed by atoms with Gasteiger partial charge in [-0.25, -0.2) is 28.3 Å². The minimum absolute atomic E-state index is 0. The van der Waals surface area contributed by atoms with Crippen molar-refractivity contribution in [2.24, 2.45) is 10.2 Å². The Morgan fingerprint density at radius 1 is 0.646 bits per heavy atom. The third-order valence-corrected chi connectivity index (χ3v) is 16.8. The van der Waals surface area contributed by atoms with Crippen LogP contribution in [0, 0.1) is 11.6 Å². The maximum Gasteiger partial charge on any atom is 0.320 e. The summed E-state index contributed by atoms with van der Waals surface area (Å²) in [6, 6.07) is 29.1.